The molecule has 0 N–H and O–H groups in total. The number of hydrogen-bond acceptors (Lipinski definition) is 4. The summed E-state index contributed by atoms with van der Waals surface area (Å²) in [6.07, 6.45) is 0. The molecule has 2 aromatic heterocycles. The quantitative estimate of drug-likeness (QED) is 0.157. The largest absolute Gasteiger partial charge is 0.208 e. The van der Waals surface area contributed by atoms with Gasteiger partial charge in [0.25, 0.3) is 0 Å². The van der Waals surface area contributed by atoms with E-state index in [0.29, 0.717) is 17.5 Å². The van der Waals surface area contributed by atoms with Gasteiger partial charge in [-0.1, -0.05) is 182 Å². The summed E-state index contributed by atoms with van der Waals surface area (Å²) >= 11 is 1.79. The van der Waals surface area contributed by atoms with Crippen LogP contribution in [0.15, 0.2) is 212 Å². The molecule has 10 aromatic carbocycles. The summed E-state index contributed by atoms with van der Waals surface area (Å²) in [4.78, 5) is 15.5. The third kappa shape index (κ3) is 6.07. The van der Waals surface area contributed by atoms with Crippen LogP contribution in [0, 0.1) is 0 Å². The molecule has 4 heteroatoms. The van der Waals surface area contributed by atoms with E-state index in [4.69, 9.17) is 15.0 Å². The molecule has 0 bridgehead atoms. The summed E-state index contributed by atoms with van der Waals surface area (Å²) in [5, 5.41) is 9.81. The third-order valence-corrected chi connectivity index (χ3v) is 13.1. The first kappa shape index (κ1) is 35.2. The Hall–Kier alpha value is -7.79. The summed E-state index contributed by atoms with van der Waals surface area (Å²) in [6, 6.07) is 75.9. The van der Waals surface area contributed by atoms with Gasteiger partial charge in [-0.25, -0.2) is 15.0 Å². The molecular weight excluding hydrogens is 759 g/mol. The maximum Gasteiger partial charge on any atom is 0.165 e. The fraction of sp³-hybridized carbons (Fsp3) is 0. The fourth-order valence-corrected chi connectivity index (χ4v) is 10.2. The number of thiophene rings is 1. The molecule has 0 atom stereocenters. The molecule has 0 fully saturated rings. The number of hydrogen-bond donors (Lipinski definition) is 0. The summed E-state index contributed by atoms with van der Waals surface area (Å²) in [6.45, 7) is 0. The Bertz CT molecular complexity index is 3650. The van der Waals surface area contributed by atoms with E-state index < -0.39 is 0 Å². The van der Waals surface area contributed by atoms with Gasteiger partial charge >= 0.3 is 0 Å². The zero-order valence-corrected chi connectivity index (χ0v) is 33.8. The molecule has 12 aromatic rings. The molecule has 3 nitrogen and oxygen atoms in total. The van der Waals surface area contributed by atoms with Gasteiger partial charge in [0.1, 0.15) is 0 Å². The molecule has 0 spiro atoms. The van der Waals surface area contributed by atoms with Gasteiger partial charge in [-0.15, -0.1) is 11.3 Å². The molecule has 0 saturated heterocycles. The van der Waals surface area contributed by atoms with Crippen LogP contribution < -0.4 is 0 Å². The second-order valence-electron chi connectivity index (χ2n) is 15.5. The van der Waals surface area contributed by atoms with Crippen LogP contribution in [0.2, 0.25) is 0 Å². The lowest BCUT2D eigenvalue weighted by Gasteiger charge is -2.15. The van der Waals surface area contributed by atoms with Crippen LogP contribution in [0.3, 0.4) is 0 Å². The fourth-order valence-electron chi connectivity index (χ4n) is 9.02. The second kappa shape index (κ2) is 14.5. The van der Waals surface area contributed by atoms with E-state index >= 15 is 0 Å². The molecule has 0 aliphatic heterocycles. The van der Waals surface area contributed by atoms with E-state index in [-0.39, 0.29) is 0 Å². The number of nitrogens with zero attached hydrogens (tertiary/aromatic N) is 3. The molecular formula is C57H35N3S. The standard InChI is InChI=1S/C57H35N3S/c1-3-15-36(16-4-1)42-31-32-43(45-22-8-7-21-44(42)45)39-29-30-40-35-51(46-23-9-10-24-47(46)52(40)34-39)38-19-13-20-41(33-38)56-58-55(37-17-5-2-6-18-37)59-57(60-56)50-27-14-26-49-48-25-11-12-28-53(48)61-54(49)50/h1-35H. The average molecular weight is 794 g/mol. The predicted molar refractivity (Wildman–Crippen MR) is 258 cm³/mol. The first-order chi connectivity index (χ1) is 30.2. The molecule has 0 amide bonds. The Kier molecular flexibility index (Phi) is 8.36. The summed E-state index contributed by atoms with van der Waals surface area (Å²) in [5.74, 6) is 1.96. The van der Waals surface area contributed by atoms with Gasteiger partial charge in [-0.3, -0.25) is 0 Å². The zero-order valence-electron chi connectivity index (χ0n) is 33.0. The lowest BCUT2D eigenvalue weighted by atomic mass is 9.89. The van der Waals surface area contributed by atoms with Gasteiger partial charge in [0.15, 0.2) is 17.5 Å². The van der Waals surface area contributed by atoms with Crippen LogP contribution in [0.4, 0.5) is 0 Å². The maximum atomic E-state index is 5.23. The Morgan fingerprint density at radius 3 is 1.54 bits per heavy atom. The van der Waals surface area contributed by atoms with Crippen LogP contribution in [-0.4, -0.2) is 15.0 Å². The Balaban J connectivity index is 0.991. The van der Waals surface area contributed by atoms with Crippen molar-refractivity contribution < 1.29 is 0 Å². The Labute approximate surface area is 356 Å². The number of fused-ring (bicyclic) bond motifs is 7. The zero-order chi connectivity index (χ0) is 40.3. The highest BCUT2D eigenvalue weighted by molar-refractivity contribution is 7.26. The van der Waals surface area contributed by atoms with E-state index in [9.17, 15) is 0 Å². The average Bonchev–Trinajstić information content (AvgIpc) is 3.73. The molecule has 12 rings (SSSR count). The van der Waals surface area contributed by atoms with Crippen molar-refractivity contribution in [1.29, 1.82) is 0 Å². The van der Waals surface area contributed by atoms with Crippen molar-refractivity contribution in [1.82, 2.24) is 15.0 Å². The molecule has 0 aliphatic carbocycles. The molecule has 2 heterocycles. The molecule has 0 saturated carbocycles. The normalized spacial score (nSPS) is 11.6. The van der Waals surface area contributed by atoms with Gasteiger partial charge < -0.3 is 0 Å². The second-order valence-corrected chi connectivity index (χ2v) is 16.6. The highest BCUT2D eigenvalue weighted by atomic mass is 32.1. The van der Waals surface area contributed by atoms with E-state index in [1.54, 1.807) is 11.3 Å². The lowest BCUT2D eigenvalue weighted by molar-refractivity contribution is 1.08. The molecule has 284 valence electrons. The topological polar surface area (TPSA) is 38.7 Å². The monoisotopic (exact) mass is 793 g/mol. The van der Waals surface area contributed by atoms with Crippen LogP contribution in [-0.2, 0) is 0 Å². The summed E-state index contributed by atoms with van der Waals surface area (Å²) in [7, 11) is 0. The van der Waals surface area contributed by atoms with Crippen molar-refractivity contribution in [2.45, 2.75) is 0 Å². The first-order valence-corrected chi connectivity index (χ1v) is 21.4. The van der Waals surface area contributed by atoms with Crippen molar-refractivity contribution >= 4 is 63.8 Å². The van der Waals surface area contributed by atoms with Gasteiger partial charge in [0, 0.05) is 36.9 Å². The van der Waals surface area contributed by atoms with E-state index in [0.717, 1.165) is 22.3 Å². The van der Waals surface area contributed by atoms with E-state index in [1.165, 1.54) is 80.3 Å². The molecule has 0 aliphatic rings. The van der Waals surface area contributed by atoms with Crippen molar-refractivity contribution in [2.75, 3.05) is 0 Å². The van der Waals surface area contributed by atoms with Gasteiger partial charge in [-0.05, 0) is 96.0 Å². The number of benzene rings is 10. The minimum atomic E-state index is 0.643. The van der Waals surface area contributed by atoms with Gasteiger partial charge in [0.2, 0.25) is 0 Å². The molecule has 0 radical (unpaired) electrons. The van der Waals surface area contributed by atoms with Crippen LogP contribution in [0.5, 0.6) is 0 Å². The van der Waals surface area contributed by atoms with Crippen LogP contribution in [0.25, 0.3) is 120 Å². The minimum Gasteiger partial charge on any atom is -0.208 e. The summed E-state index contributed by atoms with van der Waals surface area (Å²) < 4.78 is 2.43. The van der Waals surface area contributed by atoms with Crippen molar-refractivity contribution in [2.24, 2.45) is 0 Å². The number of aromatic nitrogens is 3. The highest BCUT2D eigenvalue weighted by Gasteiger charge is 2.18. The maximum absolute atomic E-state index is 5.23. The van der Waals surface area contributed by atoms with E-state index in [2.05, 4.69) is 194 Å². The van der Waals surface area contributed by atoms with Crippen LogP contribution in [0.1, 0.15) is 0 Å². The van der Waals surface area contributed by atoms with Crippen LogP contribution >= 0.6 is 11.3 Å². The van der Waals surface area contributed by atoms with Crippen molar-refractivity contribution in [3.8, 4) is 67.5 Å². The highest BCUT2D eigenvalue weighted by Crippen LogP contribution is 2.42. The SMILES string of the molecule is c1ccc(-c2nc(-c3cccc(-c4cc5ccc(-c6ccc(-c7ccccc7)c7ccccc67)cc5c5ccccc45)c3)nc(-c3cccc4c3sc3ccccc34)n2)cc1. The number of rotatable bonds is 6. The lowest BCUT2D eigenvalue weighted by Crippen LogP contribution is -2.00. The first-order valence-electron chi connectivity index (χ1n) is 20.6. The molecule has 0 unspecified atom stereocenters. The smallest absolute Gasteiger partial charge is 0.165 e. The summed E-state index contributed by atoms with van der Waals surface area (Å²) in [5.41, 5.74) is 10.1. The van der Waals surface area contributed by atoms with Crippen molar-refractivity contribution in [3.63, 3.8) is 0 Å². The van der Waals surface area contributed by atoms with Gasteiger partial charge in [-0.2, -0.15) is 0 Å². The Morgan fingerprint density at radius 1 is 0.262 bits per heavy atom. The Morgan fingerprint density at radius 2 is 0.787 bits per heavy atom. The van der Waals surface area contributed by atoms with Gasteiger partial charge in [0.05, 0.1) is 0 Å². The minimum absolute atomic E-state index is 0.643. The predicted octanol–water partition coefficient (Wildman–Crippen LogP) is 15.7. The van der Waals surface area contributed by atoms with E-state index in [1.807, 2.05) is 18.2 Å². The third-order valence-electron chi connectivity index (χ3n) is 11.9. The molecule has 61 heavy (non-hydrogen) atoms. The van der Waals surface area contributed by atoms with Crippen molar-refractivity contribution in [3.05, 3.63) is 212 Å².